The highest BCUT2D eigenvalue weighted by molar-refractivity contribution is 9.10. The molecule has 3 aromatic rings. The van der Waals surface area contributed by atoms with Gasteiger partial charge in [-0.15, -0.1) is 0 Å². The second-order valence-corrected chi connectivity index (χ2v) is 10.1. The van der Waals surface area contributed by atoms with Gasteiger partial charge in [0.2, 0.25) is 11.8 Å². The van der Waals surface area contributed by atoms with Crippen molar-refractivity contribution in [1.82, 2.24) is 10.2 Å². The number of nitrogens with zero attached hydrogens (tertiary/aromatic N) is 1. The van der Waals surface area contributed by atoms with Crippen molar-refractivity contribution in [3.63, 3.8) is 0 Å². The topological polar surface area (TPSA) is 67.9 Å². The van der Waals surface area contributed by atoms with E-state index in [1.165, 1.54) is 0 Å². The maximum absolute atomic E-state index is 13.6. The van der Waals surface area contributed by atoms with Gasteiger partial charge in [0.15, 0.2) is 0 Å². The monoisotopic (exact) mass is 566 g/mol. The van der Waals surface area contributed by atoms with E-state index in [9.17, 15) is 9.59 Å². The molecule has 3 rings (SSSR count). The van der Waals surface area contributed by atoms with Gasteiger partial charge >= 0.3 is 0 Å². The van der Waals surface area contributed by atoms with E-state index in [1.54, 1.807) is 12.0 Å². The molecule has 37 heavy (non-hydrogen) atoms. The van der Waals surface area contributed by atoms with Crippen molar-refractivity contribution in [1.29, 1.82) is 0 Å². The molecule has 0 spiro atoms. The number of hydrogen-bond acceptors (Lipinski definition) is 4. The molecular weight excluding hydrogens is 532 g/mol. The first-order valence-corrected chi connectivity index (χ1v) is 13.3. The Kier molecular flexibility index (Phi) is 11.0. The van der Waals surface area contributed by atoms with Gasteiger partial charge in [-0.1, -0.05) is 58.4 Å². The number of amides is 2. The molecule has 0 heterocycles. The van der Waals surface area contributed by atoms with E-state index in [0.717, 1.165) is 27.1 Å². The molecule has 0 saturated heterocycles. The Morgan fingerprint density at radius 2 is 1.59 bits per heavy atom. The van der Waals surface area contributed by atoms with Crippen LogP contribution in [0.15, 0.2) is 83.3 Å². The van der Waals surface area contributed by atoms with Crippen LogP contribution in [0.4, 0.5) is 0 Å². The van der Waals surface area contributed by atoms with Crippen molar-refractivity contribution in [2.24, 2.45) is 0 Å². The molecule has 0 unspecified atom stereocenters. The third-order valence-electron chi connectivity index (χ3n) is 5.81. The van der Waals surface area contributed by atoms with Crippen molar-refractivity contribution in [2.45, 2.75) is 51.7 Å². The number of halogens is 1. The first-order chi connectivity index (χ1) is 17.9. The Morgan fingerprint density at radius 1 is 0.919 bits per heavy atom. The molecule has 0 aliphatic rings. The second kappa shape index (κ2) is 14.4. The summed E-state index contributed by atoms with van der Waals surface area (Å²) in [6.07, 6.45) is 1.23. The number of carbonyl (C=O) groups is 2. The summed E-state index contributed by atoms with van der Waals surface area (Å²) in [4.78, 5) is 28.7. The fourth-order valence-corrected chi connectivity index (χ4v) is 4.44. The second-order valence-electron chi connectivity index (χ2n) is 9.15. The molecule has 0 fully saturated rings. The minimum absolute atomic E-state index is 0.0357. The zero-order chi connectivity index (χ0) is 26.6. The lowest BCUT2D eigenvalue weighted by molar-refractivity contribution is -0.141. The van der Waals surface area contributed by atoms with Crippen LogP contribution in [-0.4, -0.2) is 42.5 Å². The number of rotatable bonds is 13. The highest BCUT2D eigenvalue weighted by atomic mass is 79.9. The minimum atomic E-state index is -0.640. The Morgan fingerprint density at radius 3 is 2.24 bits per heavy atom. The molecule has 0 aliphatic heterocycles. The molecule has 0 aliphatic carbocycles. The number of benzene rings is 3. The van der Waals surface area contributed by atoms with Gasteiger partial charge in [0.1, 0.15) is 17.5 Å². The number of carbonyl (C=O) groups excluding carboxylic acids is 2. The summed E-state index contributed by atoms with van der Waals surface area (Å²) in [6.45, 7) is 4.58. The van der Waals surface area contributed by atoms with Crippen molar-refractivity contribution < 1.29 is 19.1 Å². The Balaban J connectivity index is 1.76. The van der Waals surface area contributed by atoms with Crippen molar-refractivity contribution in [3.8, 4) is 11.5 Å². The van der Waals surface area contributed by atoms with Crippen LogP contribution in [-0.2, 0) is 22.6 Å². The molecule has 0 aromatic heterocycles. The van der Waals surface area contributed by atoms with Gasteiger partial charge in [-0.3, -0.25) is 9.59 Å². The summed E-state index contributed by atoms with van der Waals surface area (Å²) in [5, 5.41) is 3.02. The molecule has 0 saturated carbocycles. The van der Waals surface area contributed by atoms with E-state index >= 15 is 0 Å². The van der Waals surface area contributed by atoms with Crippen LogP contribution in [0.3, 0.4) is 0 Å². The number of methoxy groups -OCH3 is 1. The molecule has 7 heteroatoms. The first-order valence-electron chi connectivity index (χ1n) is 12.5. The molecule has 6 nitrogen and oxygen atoms in total. The third kappa shape index (κ3) is 9.25. The van der Waals surface area contributed by atoms with Gasteiger partial charge in [0, 0.05) is 29.9 Å². The van der Waals surface area contributed by atoms with Crippen LogP contribution in [0.2, 0.25) is 0 Å². The van der Waals surface area contributed by atoms with Crippen molar-refractivity contribution in [3.05, 3.63) is 94.5 Å². The highest BCUT2D eigenvalue weighted by Gasteiger charge is 2.30. The highest BCUT2D eigenvalue weighted by Crippen LogP contribution is 2.20. The fraction of sp³-hybridized carbons (Fsp3) is 0.333. The van der Waals surface area contributed by atoms with E-state index in [0.29, 0.717) is 26.0 Å². The summed E-state index contributed by atoms with van der Waals surface area (Å²) in [6, 6.07) is 24.3. The lowest BCUT2D eigenvalue weighted by atomic mass is 10.0. The number of nitrogens with one attached hydrogen (secondary N) is 1. The van der Waals surface area contributed by atoms with Gasteiger partial charge in [-0.25, -0.2) is 0 Å². The van der Waals surface area contributed by atoms with E-state index in [2.05, 4.69) is 21.2 Å². The molecule has 0 bridgehead atoms. The van der Waals surface area contributed by atoms with Crippen LogP contribution in [0, 0.1) is 0 Å². The zero-order valence-corrected chi connectivity index (χ0v) is 23.2. The SMILES string of the molecule is COc1ccc(OCCCC(=O)N(Cc2cccc(Br)c2)[C@@H](Cc2ccccc2)C(=O)NC(C)C)cc1. The Hall–Kier alpha value is -3.32. The Bertz CT molecular complexity index is 1140. The molecule has 3 aromatic carbocycles. The molecular formula is C30H35BrN2O4. The maximum Gasteiger partial charge on any atom is 0.243 e. The average molecular weight is 568 g/mol. The van der Waals surface area contributed by atoms with Gasteiger partial charge in [0.25, 0.3) is 0 Å². The molecule has 1 N–H and O–H groups in total. The predicted octanol–water partition coefficient (Wildman–Crippen LogP) is 5.78. The summed E-state index contributed by atoms with van der Waals surface area (Å²) >= 11 is 3.52. The predicted molar refractivity (Wildman–Crippen MR) is 150 cm³/mol. The molecule has 196 valence electrons. The summed E-state index contributed by atoms with van der Waals surface area (Å²) in [7, 11) is 1.62. The van der Waals surface area contributed by atoms with E-state index in [1.807, 2.05) is 92.7 Å². The van der Waals surface area contributed by atoms with Crippen LogP contribution < -0.4 is 14.8 Å². The van der Waals surface area contributed by atoms with Crippen LogP contribution in [0.25, 0.3) is 0 Å². The van der Waals surface area contributed by atoms with Crippen LogP contribution in [0.5, 0.6) is 11.5 Å². The summed E-state index contributed by atoms with van der Waals surface area (Å²) in [5.41, 5.74) is 1.95. The molecule has 0 radical (unpaired) electrons. The smallest absolute Gasteiger partial charge is 0.243 e. The van der Waals surface area contributed by atoms with Crippen molar-refractivity contribution >= 4 is 27.7 Å². The average Bonchev–Trinajstić information content (AvgIpc) is 2.89. The largest absolute Gasteiger partial charge is 0.497 e. The van der Waals surface area contributed by atoms with E-state index in [4.69, 9.17) is 9.47 Å². The quantitative estimate of drug-likeness (QED) is 0.266. The summed E-state index contributed by atoms with van der Waals surface area (Å²) in [5.74, 6) is 1.24. The van der Waals surface area contributed by atoms with Gasteiger partial charge < -0.3 is 19.7 Å². The molecule has 2 amide bonds. The van der Waals surface area contributed by atoms with Gasteiger partial charge in [-0.2, -0.15) is 0 Å². The maximum atomic E-state index is 13.6. The number of hydrogen-bond donors (Lipinski definition) is 1. The Labute approximate surface area is 228 Å². The first kappa shape index (κ1) is 28.3. The van der Waals surface area contributed by atoms with Gasteiger partial charge in [-0.05, 0) is 67.8 Å². The third-order valence-corrected chi connectivity index (χ3v) is 6.30. The van der Waals surface area contributed by atoms with Crippen LogP contribution >= 0.6 is 15.9 Å². The lowest BCUT2D eigenvalue weighted by Gasteiger charge is -2.32. The lowest BCUT2D eigenvalue weighted by Crippen LogP contribution is -2.51. The summed E-state index contributed by atoms with van der Waals surface area (Å²) < 4.78 is 11.9. The molecule has 1 atom stereocenters. The standard InChI is InChI=1S/C30H35BrN2O4/c1-22(2)32-30(35)28(20-23-9-5-4-6-10-23)33(21-24-11-7-12-25(31)19-24)29(34)13-8-18-37-27-16-14-26(36-3)15-17-27/h4-7,9-12,14-17,19,22,28H,8,13,18,20-21H2,1-3H3,(H,32,35)/t28-/m0/s1. The van der Waals surface area contributed by atoms with Crippen LogP contribution in [0.1, 0.15) is 37.8 Å². The minimum Gasteiger partial charge on any atom is -0.497 e. The van der Waals surface area contributed by atoms with E-state index < -0.39 is 6.04 Å². The normalized spacial score (nSPS) is 11.6. The van der Waals surface area contributed by atoms with Gasteiger partial charge in [0.05, 0.1) is 13.7 Å². The zero-order valence-electron chi connectivity index (χ0n) is 21.7. The number of ether oxygens (including phenoxy) is 2. The van der Waals surface area contributed by atoms with Crippen molar-refractivity contribution in [2.75, 3.05) is 13.7 Å². The fourth-order valence-electron chi connectivity index (χ4n) is 4.00. The van der Waals surface area contributed by atoms with E-state index in [-0.39, 0.29) is 24.3 Å².